The lowest BCUT2D eigenvalue weighted by Gasteiger charge is -2.35. The van der Waals surface area contributed by atoms with Gasteiger partial charge in [0.05, 0.1) is 0 Å². The minimum atomic E-state index is -0.0573. The van der Waals surface area contributed by atoms with Gasteiger partial charge >= 0.3 is 0 Å². The van der Waals surface area contributed by atoms with Crippen LogP contribution in [0.15, 0.2) is 0 Å². The Hall–Kier alpha value is -1.40. The zero-order valence-electron chi connectivity index (χ0n) is 13.6. The molecule has 0 radical (unpaired) electrons. The molecule has 122 valence electrons. The van der Waals surface area contributed by atoms with Gasteiger partial charge < -0.3 is 10.6 Å². The first-order valence-corrected chi connectivity index (χ1v) is 8.44. The number of fused-ring (bicyclic) bond motifs is 1. The summed E-state index contributed by atoms with van der Waals surface area (Å²) < 4.78 is 0. The van der Waals surface area contributed by atoms with Crippen molar-refractivity contribution in [1.29, 1.82) is 0 Å². The number of piperidine rings is 1. The summed E-state index contributed by atoms with van der Waals surface area (Å²) in [5, 5.41) is 13.6. The Bertz CT molecular complexity index is 527. The van der Waals surface area contributed by atoms with Crippen LogP contribution < -0.4 is 10.6 Å². The topological polar surface area (TPSA) is 73.0 Å². The summed E-state index contributed by atoms with van der Waals surface area (Å²) in [6, 6.07) is 0.375. The molecule has 0 aliphatic carbocycles. The maximum atomic E-state index is 12.4. The number of rotatable bonds is 4. The van der Waals surface area contributed by atoms with E-state index in [1.165, 1.54) is 12.8 Å². The number of hydrogen-bond donors (Lipinski definition) is 3. The highest BCUT2D eigenvalue weighted by atomic mass is 16.1. The predicted octanol–water partition coefficient (Wildman–Crippen LogP) is 0.906. The van der Waals surface area contributed by atoms with E-state index in [9.17, 15) is 4.79 Å². The van der Waals surface area contributed by atoms with E-state index in [1.807, 2.05) is 0 Å². The SMILES string of the molecule is CC1CCCN(C(C)CNC(=O)c2n[nH]c3c2CNCC3)C1. The van der Waals surface area contributed by atoms with Gasteiger partial charge in [-0.2, -0.15) is 5.10 Å². The molecule has 3 heterocycles. The lowest BCUT2D eigenvalue weighted by Crippen LogP contribution is -2.46. The van der Waals surface area contributed by atoms with Crippen molar-refractivity contribution in [2.45, 2.75) is 45.7 Å². The first kappa shape index (κ1) is 15.5. The Morgan fingerprint density at radius 2 is 2.41 bits per heavy atom. The molecule has 3 rings (SSSR count). The quantitative estimate of drug-likeness (QED) is 0.773. The minimum absolute atomic E-state index is 0.0573. The summed E-state index contributed by atoms with van der Waals surface area (Å²) in [5.74, 6) is 0.703. The molecule has 2 aliphatic heterocycles. The number of amides is 1. The molecule has 1 saturated heterocycles. The lowest BCUT2D eigenvalue weighted by atomic mass is 9.99. The fourth-order valence-corrected chi connectivity index (χ4v) is 3.49. The molecule has 1 aromatic heterocycles. The maximum absolute atomic E-state index is 12.4. The Morgan fingerprint density at radius 1 is 1.55 bits per heavy atom. The van der Waals surface area contributed by atoms with Crippen LogP contribution in [0.3, 0.4) is 0 Å². The molecule has 1 aromatic rings. The fraction of sp³-hybridized carbons (Fsp3) is 0.750. The summed E-state index contributed by atoms with van der Waals surface area (Å²) in [7, 11) is 0. The molecule has 2 aliphatic rings. The molecule has 0 aromatic carbocycles. The Kier molecular flexibility index (Phi) is 4.78. The average molecular weight is 305 g/mol. The molecule has 1 amide bonds. The summed E-state index contributed by atoms with van der Waals surface area (Å²) in [6.45, 7) is 9.14. The van der Waals surface area contributed by atoms with E-state index < -0.39 is 0 Å². The van der Waals surface area contributed by atoms with Crippen molar-refractivity contribution in [3.05, 3.63) is 17.0 Å². The standard InChI is InChI=1S/C16H27N5O/c1-11-4-3-7-21(10-11)12(2)8-18-16(22)15-13-9-17-6-5-14(13)19-20-15/h11-12,17H,3-10H2,1-2H3,(H,18,22)(H,19,20). The summed E-state index contributed by atoms with van der Waals surface area (Å²) >= 11 is 0. The van der Waals surface area contributed by atoms with Gasteiger partial charge in [-0.1, -0.05) is 6.92 Å². The van der Waals surface area contributed by atoms with Crippen molar-refractivity contribution in [2.24, 2.45) is 5.92 Å². The summed E-state index contributed by atoms with van der Waals surface area (Å²) in [6.07, 6.45) is 3.50. The van der Waals surface area contributed by atoms with Crippen LogP contribution in [0.25, 0.3) is 0 Å². The van der Waals surface area contributed by atoms with Gasteiger partial charge in [-0.25, -0.2) is 0 Å². The van der Waals surface area contributed by atoms with E-state index in [-0.39, 0.29) is 5.91 Å². The highest BCUT2D eigenvalue weighted by Crippen LogP contribution is 2.18. The number of likely N-dealkylation sites (tertiary alicyclic amines) is 1. The number of aromatic amines is 1. The minimum Gasteiger partial charge on any atom is -0.349 e. The lowest BCUT2D eigenvalue weighted by molar-refractivity contribution is 0.0911. The van der Waals surface area contributed by atoms with Crippen molar-refractivity contribution in [3.63, 3.8) is 0 Å². The first-order valence-electron chi connectivity index (χ1n) is 8.44. The molecule has 3 N–H and O–H groups in total. The Balaban J connectivity index is 1.55. The van der Waals surface area contributed by atoms with Crippen LogP contribution >= 0.6 is 0 Å². The molecule has 0 saturated carbocycles. The molecule has 0 spiro atoms. The number of carbonyl (C=O) groups is 1. The third-order valence-electron chi connectivity index (χ3n) is 4.89. The Labute approximate surface area is 132 Å². The van der Waals surface area contributed by atoms with E-state index in [0.29, 0.717) is 18.3 Å². The van der Waals surface area contributed by atoms with Gasteiger partial charge in [0.1, 0.15) is 0 Å². The van der Waals surface area contributed by atoms with E-state index >= 15 is 0 Å². The maximum Gasteiger partial charge on any atom is 0.272 e. The van der Waals surface area contributed by atoms with Crippen LogP contribution in [-0.2, 0) is 13.0 Å². The zero-order chi connectivity index (χ0) is 15.5. The van der Waals surface area contributed by atoms with Gasteiger partial charge in [-0.15, -0.1) is 0 Å². The number of nitrogens with zero attached hydrogens (tertiary/aromatic N) is 2. The van der Waals surface area contributed by atoms with E-state index in [0.717, 1.165) is 49.8 Å². The van der Waals surface area contributed by atoms with Crippen LogP contribution in [0.2, 0.25) is 0 Å². The Morgan fingerprint density at radius 3 is 3.23 bits per heavy atom. The number of hydrogen-bond acceptors (Lipinski definition) is 4. The van der Waals surface area contributed by atoms with Gasteiger partial charge in [0.25, 0.3) is 5.91 Å². The second kappa shape index (κ2) is 6.79. The molecule has 2 atom stereocenters. The smallest absolute Gasteiger partial charge is 0.272 e. The summed E-state index contributed by atoms with van der Waals surface area (Å²) in [5.41, 5.74) is 2.69. The van der Waals surface area contributed by atoms with Crippen LogP contribution in [0.5, 0.6) is 0 Å². The highest BCUT2D eigenvalue weighted by molar-refractivity contribution is 5.94. The number of carbonyl (C=O) groups excluding carboxylic acids is 1. The molecule has 6 heteroatoms. The molecular formula is C16H27N5O. The zero-order valence-corrected chi connectivity index (χ0v) is 13.6. The normalized spacial score (nSPS) is 23.8. The largest absolute Gasteiger partial charge is 0.349 e. The van der Waals surface area contributed by atoms with Gasteiger partial charge in [0, 0.05) is 49.9 Å². The predicted molar refractivity (Wildman–Crippen MR) is 85.8 cm³/mol. The van der Waals surface area contributed by atoms with Crippen LogP contribution in [0.4, 0.5) is 0 Å². The van der Waals surface area contributed by atoms with E-state index in [2.05, 4.69) is 39.6 Å². The van der Waals surface area contributed by atoms with Crippen LogP contribution in [0, 0.1) is 5.92 Å². The number of aromatic nitrogens is 2. The van der Waals surface area contributed by atoms with Crippen LogP contribution in [0.1, 0.15) is 48.4 Å². The molecule has 6 nitrogen and oxygen atoms in total. The van der Waals surface area contributed by atoms with Crippen molar-refractivity contribution < 1.29 is 4.79 Å². The average Bonchev–Trinajstić information content (AvgIpc) is 2.96. The highest BCUT2D eigenvalue weighted by Gasteiger charge is 2.24. The van der Waals surface area contributed by atoms with Crippen molar-refractivity contribution in [1.82, 2.24) is 25.7 Å². The second-order valence-corrected chi connectivity index (χ2v) is 6.76. The van der Waals surface area contributed by atoms with Crippen molar-refractivity contribution in [2.75, 3.05) is 26.2 Å². The van der Waals surface area contributed by atoms with Gasteiger partial charge in [0.2, 0.25) is 0 Å². The molecule has 1 fully saturated rings. The third kappa shape index (κ3) is 3.33. The third-order valence-corrected chi connectivity index (χ3v) is 4.89. The monoisotopic (exact) mass is 305 g/mol. The summed E-state index contributed by atoms with van der Waals surface area (Å²) in [4.78, 5) is 14.9. The van der Waals surface area contributed by atoms with E-state index in [1.54, 1.807) is 0 Å². The second-order valence-electron chi connectivity index (χ2n) is 6.76. The van der Waals surface area contributed by atoms with Crippen molar-refractivity contribution in [3.8, 4) is 0 Å². The molecule has 2 unspecified atom stereocenters. The van der Waals surface area contributed by atoms with Crippen molar-refractivity contribution >= 4 is 5.91 Å². The molecule has 22 heavy (non-hydrogen) atoms. The van der Waals surface area contributed by atoms with Gasteiger partial charge in [-0.3, -0.25) is 14.8 Å². The van der Waals surface area contributed by atoms with Gasteiger partial charge in [0.15, 0.2) is 5.69 Å². The molecular weight excluding hydrogens is 278 g/mol. The molecule has 0 bridgehead atoms. The number of nitrogens with one attached hydrogen (secondary N) is 3. The van der Waals surface area contributed by atoms with E-state index in [4.69, 9.17) is 0 Å². The van der Waals surface area contributed by atoms with Crippen LogP contribution in [-0.4, -0.2) is 53.2 Å². The van der Waals surface area contributed by atoms with Gasteiger partial charge in [-0.05, 0) is 32.2 Å². The fourth-order valence-electron chi connectivity index (χ4n) is 3.49. The first-order chi connectivity index (χ1) is 10.6. The number of H-pyrrole nitrogens is 1.